The second kappa shape index (κ2) is 11.6. The smallest absolute Gasteiger partial charge is 0.343 e. The minimum atomic E-state index is -0.864. The van der Waals surface area contributed by atoms with Crippen molar-refractivity contribution in [1.29, 1.82) is 0 Å². The number of allylic oxidation sites excluding steroid dienone is 2. The SMILES string of the molecule is CC1=CCC2C(=O)N(c3ccccc3C(=O)OCC(=O)c3ccc(OC(=O)c4ccc([N+](=O)[O-])cc4)cc3)C(=O)C2C1. The van der Waals surface area contributed by atoms with Gasteiger partial charge in [0, 0.05) is 17.7 Å². The van der Waals surface area contributed by atoms with E-state index >= 15 is 0 Å². The highest BCUT2D eigenvalue weighted by Gasteiger charge is 2.49. The first-order chi connectivity index (χ1) is 20.1. The average molecular weight is 569 g/mol. The summed E-state index contributed by atoms with van der Waals surface area (Å²) in [5.74, 6) is -3.66. The van der Waals surface area contributed by atoms with Crippen molar-refractivity contribution >= 4 is 40.9 Å². The quantitative estimate of drug-likeness (QED) is 0.0716. The predicted molar refractivity (Wildman–Crippen MR) is 148 cm³/mol. The Labute approximate surface area is 239 Å². The molecule has 0 N–H and O–H groups in total. The molecule has 42 heavy (non-hydrogen) atoms. The number of nitrogens with zero attached hydrogens (tertiary/aromatic N) is 2. The Balaban J connectivity index is 1.21. The molecule has 3 aromatic rings. The van der Waals surface area contributed by atoms with Gasteiger partial charge in [0.25, 0.3) is 5.69 Å². The van der Waals surface area contributed by atoms with Gasteiger partial charge in [-0.05, 0) is 68.3 Å². The lowest BCUT2D eigenvalue weighted by Gasteiger charge is -2.19. The maximum Gasteiger partial charge on any atom is 0.343 e. The molecule has 2 aliphatic rings. The normalized spacial score (nSPS) is 17.7. The molecule has 1 saturated heterocycles. The molecule has 0 saturated carbocycles. The van der Waals surface area contributed by atoms with E-state index in [1.165, 1.54) is 60.7 Å². The van der Waals surface area contributed by atoms with Gasteiger partial charge in [0.2, 0.25) is 11.8 Å². The topological polar surface area (TPSA) is 150 Å². The summed E-state index contributed by atoms with van der Waals surface area (Å²) in [6.45, 7) is 1.31. The molecule has 11 nitrogen and oxygen atoms in total. The molecule has 0 bridgehead atoms. The molecule has 1 fully saturated rings. The van der Waals surface area contributed by atoms with Crippen molar-refractivity contribution in [2.75, 3.05) is 11.5 Å². The number of nitro groups is 1. The minimum Gasteiger partial charge on any atom is -0.454 e. The van der Waals surface area contributed by atoms with Crippen LogP contribution in [0.4, 0.5) is 11.4 Å². The maximum atomic E-state index is 13.2. The molecular weight excluding hydrogens is 544 g/mol. The summed E-state index contributed by atoms with van der Waals surface area (Å²) in [7, 11) is 0. The summed E-state index contributed by atoms with van der Waals surface area (Å²) < 4.78 is 10.5. The fourth-order valence-corrected chi connectivity index (χ4v) is 5.00. The molecule has 2 unspecified atom stereocenters. The number of ether oxygens (including phenoxy) is 2. The molecule has 0 spiro atoms. The fourth-order valence-electron chi connectivity index (χ4n) is 5.00. The lowest BCUT2D eigenvalue weighted by atomic mass is 9.82. The zero-order chi connectivity index (χ0) is 30.0. The van der Waals surface area contributed by atoms with Crippen LogP contribution in [0.5, 0.6) is 5.75 Å². The largest absolute Gasteiger partial charge is 0.454 e. The van der Waals surface area contributed by atoms with Gasteiger partial charge in [0.15, 0.2) is 12.4 Å². The van der Waals surface area contributed by atoms with Gasteiger partial charge < -0.3 is 9.47 Å². The van der Waals surface area contributed by atoms with Crippen molar-refractivity contribution in [1.82, 2.24) is 0 Å². The van der Waals surface area contributed by atoms with Crippen LogP contribution in [0.1, 0.15) is 50.8 Å². The summed E-state index contributed by atoms with van der Waals surface area (Å²) in [5.41, 5.74) is 1.28. The number of amides is 2. The number of Topliss-reactive ketones (excluding diaryl/α,β-unsaturated/α-hetero) is 1. The van der Waals surface area contributed by atoms with Crippen molar-refractivity contribution in [3.63, 3.8) is 0 Å². The molecule has 1 aliphatic carbocycles. The highest BCUT2D eigenvalue weighted by atomic mass is 16.6. The molecule has 2 atom stereocenters. The monoisotopic (exact) mass is 568 g/mol. The number of esters is 2. The fraction of sp³-hybridized carbons (Fsp3) is 0.194. The summed E-state index contributed by atoms with van der Waals surface area (Å²) in [6, 6.07) is 16.6. The van der Waals surface area contributed by atoms with Gasteiger partial charge in [-0.3, -0.25) is 24.5 Å². The third-order valence-electron chi connectivity index (χ3n) is 7.22. The van der Waals surface area contributed by atoms with E-state index in [0.29, 0.717) is 12.8 Å². The van der Waals surface area contributed by atoms with E-state index in [9.17, 15) is 34.1 Å². The number of non-ortho nitro benzene ring substituents is 1. The number of fused-ring (bicyclic) bond motifs is 1. The van der Waals surface area contributed by atoms with Crippen LogP contribution >= 0.6 is 0 Å². The number of para-hydroxylation sites is 1. The van der Waals surface area contributed by atoms with E-state index in [2.05, 4.69) is 0 Å². The third-order valence-corrected chi connectivity index (χ3v) is 7.22. The number of benzene rings is 3. The summed E-state index contributed by atoms with van der Waals surface area (Å²) in [5, 5.41) is 10.8. The van der Waals surface area contributed by atoms with Crippen LogP contribution in [0.25, 0.3) is 0 Å². The van der Waals surface area contributed by atoms with Gasteiger partial charge in [-0.25, -0.2) is 14.5 Å². The van der Waals surface area contributed by atoms with E-state index in [0.717, 1.165) is 10.5 Å². The van der Waals surface area contributed by atoms with Gasteiger partial charge in [0.1, 0.15) is 5.75 Å². The number of ketones is 1. The highest BCUT2D eigenvalue weighted by molar-refractivity contribution is 6.24. The van der Waals surface area contributed by atoms with E-state index in [1.807, 2.05) is 13.0 Å². The van der Waals surface area contributed by atoms with Crippen LogP contribution in [-0.2, 0) is 14.3 Å². The van der Waals surface area contributed by atoms with Crippen LogP contribution in [0.3, 0.4) is 0 Å². The van der Waals surface area contributed by atoms with Crippen LogP contribution in [0, 0.1) is 22.0 Å². The number of carbonyl (C=O) groups excluding carboxylic acids is 5. The molecule has 1 aliphatic heterocycles. The average Bonchev–Trinajstić information content (AvgIpc) is 3.24. The third kappa shape index (κ3) is 5.57. The first-order valence-electron chi connectivity index (χ1n) is 13.0. The van der Waals surface area contributed by atoms with Crippen LogP contribution in [0.2, 0.25) is 0 Å². The van der Waals surface area contributed by atoms with Gasteiger partial charge in [-0.2, -0.15) is 0 Å². The zero-order valence-electron chi connectivity index (χ0n) is 22.4. The van der Waals surface area contributed by atoms with Crippen LogP contribution in [-0.4, -0.2) is 41.1 Å². The number of hydrogen-bond acceptors (Lipinski definition) is 9. The number of rotatable bonds is 8. The number of anilines is 1. The molecule has 11 heteroatoms. The van der Waals surface area contributed by atoms with Gasteiger partial charge in [-0.1, -0.05) is 23.8 Å². The molecule has 1 heterocycles. The van der Waals surface area contributed by atoms with Crippen molar-refractivity contribution in [3.05, 3.63) is 111 Å². The molecule has 3 aromatic carbocycles. The van der Waals surface area contributed by atoms with Gasteiger partial charge in [-0.15, -0.1) is 0 Å². The predicted octanol–water partition coefficient (Wildman–Crippen LogP) is 4.70. The van der Waals surface area contributed by atoms with Crippen molar-refractivity contribution in [2.45, 2.75) is 19.8 Å². The summed E-state index contributed by atoms with van der Waals surface area (Å²) >= 11 is 0. The number of nitro benzene ring substituents is 1. The first kappa shape index (κ1) is 28.1. The Kier molecular flexibility index (Phi) is 7.74. The first-order valence-corrected chi connectivity index (χ1v) is 13.0. The van der Waals surface area contributed by atoms with E-state index in [-0.39, 0.29) is 45.6 Å². The second-order valence-electron chi connectivity index (χ2n) is 9.95. The number of hydrogen-bond donors (Lipinski definition) is 0. The Hall–Kier alpha value is -5.45. The molecule has 0 aromatic heterocycles. The number of imide groups is 1. The van der Waals surface area contributed by atoms with Crippen LogP contribution in [0.15, 0.2) is 84.4 Å². The highest BCUT2D eigenvalue weighted by Crippen LogP contribution is 2.40. The van der Waals surface area contributed by atoms with E-state index in [4.69, 9.17) is 9.47 Å². The lowest BCUT2D eigenvalue weighted by Crippen LogP contribution is -2.32. The molecular formula is C31H24N2O9. The van der Waals surface area contributed by atoms with E-state index < -0.39 is 41.1 Å². The Morgan fingerprint density at radius 3 is 2.21 bits per heavy atom. The van der Waals surface area contributed by atoms with Crippen molar-refractivity contribution < 1.29 is 38.4 Å². The molecule has 0 radical (unpaired) electrons. The standard InChI is InChI=1S/C31H24N2O9/c1-18-6-15-23-25(16-18)29(36)32(28(23)35)26-5-3-2-4-24(26)31(38)41-17-27(34)19-9-13-22(14-10-19)42-30(37)20-7-11-21(12-8-20)33(39)40/h2-14,23,25H,15-17H2,1H3. The molecule has 5 rings (SSSR count). The Bertz CT molecular complexity index is 1640. The van der Waals surface area contributed by atoms with Crippen molar-refractivity contribution in [3.8, 4) is 5.75 Å². The second-order valence-corrected chi connectivity index (χ2v) is 9.95. The molecule has 2 amide bonds. The van der Waals surface area contributed by atoms with Gasteiger partial charge >= 0.3 is 11.9 Å². The summed E-state index contributed by atoms with van der Waals surface area (Å²) in [6.07, 6.45) is 2.91. The van der Waals surface area contributed by atoms with E-state index in [1.54, 1.807) is 12.1 Å². The Morgan fingerprint density at radius 2 is 1.52 bits per heavy atom. The zero-order valence-corrected chi connectivity index (χ0v) is 22.4. The maximum absolute atomic E-state index is 13.2. The summed E-state index contributed by atoms with van der Waals surface area (Å²) in [4.78, 5) is 75.5. The minimum absolute atomic E-state index is 0.0103. The van der Waals surface area contributed by atoms with Crippen molar-refractivity contribution in [2.24, 2.45) is 11.8 Å². The lowest BCUT2D eigenvalue weighted by molar-refractivity contribution is -0.384. The Morgan fingerprint density at radius 1 is 0.881 bits per heavy atom. The van der Waals surface area contributed by atoms with Gasteiger partial charge in [0.05, 0.1) is 33.6 Å². The van der Waals surface area contributed by atoms with Crippen LogP contribution < -0.4 is 9.64 Å². The number of carbonyl (C=O) groups is 5. The molecule has 212 valence electrons.